The SMILES string of the molecule is C=C1NC(=S)N[C@H](c2ccccc2C(F)(F)F)[C@H]1C(=O)OC(C)(C)C. The molecule has 0 unspecified atom stereocenters. The van der Waals surface area contributed by atoms with Crippen molar-refractivity contribution in [2.24, 2.45) is 5.92 Å². The Morgan fingerprint density at radius 3 is 2.40 bits per heavy atom. The third kappa shape index (κ3) is 4.50. The third-order valence-corrected chi connectivity index (χ3v) is 3.75. The number of esters is 1. The van der Waals surface area contributed by atoms with Crippen molar-refractivity contribution in [2.75, 3.05) is 0 Å². The summed E-state index contributed by atoms with van der Waals surface area (Å²) in [7, 11) is 0. The van der Waals surface area contributed by atoms with Crippen molar-refractivity contribution in [1.82, 2.24) is 10.6 Å². The Hall–Kier alpha value is -2.09. The van der Waals surface area contributed by atoms with Gasteiger partial charge in [-0.1, -0.05) is 24.8 Å². The van der Waals surface area contributed by atoms with E-state index < -0.39 is 35.3 Å². The van der Waals surface area contributed by atoms with Gasteiger partial charge in [0.25, 0.3) is 0 Å². The highest BCUT2D eigenvalue weighted by molar-refractivity contribution is 7.80. The second kappa shape index (κ2) is 6.67. The first-order valence-corrected chi connectivity index (χ1v) is 7.96. The summed E-state index contributed by atoms with van der Waals surface area (Å²) in [6.45, 7) is 8.79. The molecule has 136 valence electrons. The van der Waals surface area contributed by atoms with E-state index in [4.69, 9.17) is 17.0 Å². The van der Waals surface area contributed by atoms with Crippen LogP contribution in [0, 0.1) is 5.92 Å². The average molecular weight is 372 g/mol. The lowest BCUT2D eigenvalue weighted by Gasteiger charge is -2.37. The Morgan fingerprint density at radius 1 is 1.24 bits per heavy atom. The van der Waals surface area contributed by atoms with E-state index >= 15 is 0 Å². The molecular formula is C17H19F3N2O2S. The average Bonchev–Trinajstić information content (AvgIpc) is 2.43. The van der Waals surface area contributed by atoms with Crippen molar-refractivity contribution in [3.8, 4) is 0 Å². The van der Waals surface area contributed by atoms with Gasteiger partial charge in [0.1, 0.15) is 11.5 Å². The van der Waals surface area contributed by atoms with E-state index in [-0.39, 0.29) is 16.4 Å². The molecule has 1 aliphatic rings. The first-order chi connectivity index (χ1) is 11.4. The lowest BCUT2D eigenvalue weighted by Crippen LogP contribution is -2.52. The predicted molar refractivity (Wildman–Crippen MR) is 91.5 cm³/mol. The van der Waals surface area contributed by atoms with E-state index in [0.717, 1.165) is 6.07 Å². The van der Waals surface area contributed by atoms with Crippen LogP contribution >= 0.6 is 12.2 Å². The van der Waals surface area contributed by atoms with Crippen LogP contribution in [0.5, 0.6) is 0 Å². The van der Waals surface area contributed by atoms with Gasteiger partial charge < -0.3 is 15.4 Å². The zero-order valence-corrected chi connectivity index (χ0v) is 14.8. The number of alkyl halides is 3. The van der Waals surface area contributed by atoms with Crippen molar-refractivity contribution in [1.29, 1.82) is 0 Å². The zero-order valence-electron chi connectivity index (χ0n) is 14.0. The normalized spacial score (nSPS) is 21.4. The van der Waals surface area contributed by atoms with Crippen molar-refractivity contribution in [3.05, 3.63) is 47.7 Å². The minimum absolute atomic E-state index is 0.0872. The van der Waals surface area contributed by atoms with E-state index in [1.165, 1.54) is 18.2 Å². The molecule has 25 heavy (non-hydrogen) atoms. The molecule has 1 saturated heterocycles. The molecule has 4 nitrogen and oxygen atoms in total. The van der Waals surface area contributed by atoms with Crippen molar-refractivity contribution >= 4 is 23.3 Å². The number of ether oxygens (including phenoxy) is 1. The lowest BCUT2D eigenvalue weighted by atomic mass is 9.86. The molecule has 0 bridgehead atoms. The van der Waals surface area contributed by atoms with Crippen LogP contribution in [0.3, 0.4) is 0 Å². The fourth-order valence-corrected chi connectivity index (χ4v) is 2.87. The molecule has 2 N–H and O–H groups in total. The van der Waals surface area contributed by atoms with Crippen LogP contribution < -0.4 is 10.6 Å². The number of thiocarbonyl (C=S) groups is 1. The Kier molecular flexibility index (Phi) is 5.13. The van der Waals surface area contributed by atoms with Crippen LogP contribution in [0.25, 0.3) is 0 Å². The highest BCUT2D eigenvalue weighted by Gasteiger charge is 2.43. The fourth-order valence-electron chi connectivity index (χ4n) is 2.61. The fraction of sp³-hybridized carbons (Fsp3) is 0.412. The van der Waals surface area contributed by atoms with Gasteiger partial charge in [-0.3, -0.25) is 4.79 Å². The summed E-state index contributed by atoms with van der Waals surface area (Å²) >= 11 is 5.03. The quantitative estimate of drug-likeness (QED) is 0.613. The number of halogens is 3. The van der Waals surface area contributed by atoms with Gasteiger partial charge in [-0.2, -0.15) is 13.2 Å². The van der Waals surface area contributed by atoms with E-state index in [2.05, 4.69) is 17.2 Å². The van der Waals surface area contributed by atoms with Crippen LogP contribution in [-0.4, -0.2) is 16.7 Å². The Balaban J connectivity index is 2.50. The molecule has 1 aromatic carbocycles. The topological polar surface area (TPSA) is 50.4 Å². The van der Waals surface area contributed by atoms with Crippen LogP contribution in [0.2, 0.25) is 0 Å². The van der Waals surface area contributed by atoms with Crippen LogP contribution in [0.4, 0.5) is 13.2 Å². The lowest BCUT2D eigenvalue weighted by molar-refractivity contribution is -0.160. The smallest absolute Gasteiger partial charge is 0.416 e. The first kappa shape index (κ1) is 19.2. The number of rotatable bonds is 2. The number of nitrogens with one attached hydrogen (secondary N) is 2. The summed E-state index contributed by atoms with van der Waals surface area (Å²) < 4.78 is 45.5. The predicted octanol–water partition coefficient (Wildman–Crippen LogP) is 3.70. The van der Waals surface area contributed by atoms with Gasteiger partial charge in [-0.15, -0.1) is 0 Å². The van der Waals surface area contributed by atoms with E-state index in [1.54, 1.807) is 20.8 Å². The number of benzene rings is 1. The third-order valence-electron chi connectivity index (χ3n) is 3.53. The molecule has 0 spiro atoms. The van der Waals surface area contributed by atoms with E-state index in [1.807, 2.05) is 0 Å². The monoisotopic (exact) mass is 372 g/mol. The molecular weight excluding hydrogens is 353 g/mol. The maximum Gasteiger partial charge on any atom is 0.416 e. The second-order valence-corrected chi connectivity index (χ2v) is 7.11. The summed E-state index contributed by atoms with van der Waals surface area (Å²) in [5, 5.41) is 5.55. The van der Waals surface area contributed by atoms with Gasteiger partial charge in [0.05, 0.1) is 11.6 Å². The van der Waals surface area contributed by atoms with E-state index in [0.29, 0.717) is 0 Å². The molecule has 0 amide bonds. The maximum absolute atomic E-state index is 13.4. The summed E-state index contributed by atoms with van der Waals surface area (Å²) in [4.78, 5) is 12.6. The first-order valence-electron chi connectivity index (χ1n) is 7.55. The molecule has 0 aliphatic carbocycles. The molecule has 1 fully saturated rings. The van der Waals surface area contributed by atoms with Crippen molar-refractivity contribution < 1.29 is 22.7 Å². The molecule has 1 aromatic rings. The molecule has 0 aromatic heterocycles. The number of carbonyl (C=O) groups is 1. The standard InChI is InChI=1S/C17H19F3N2O2S/c1-9-12(14(23)24-16(2,3)4)13(22-15(25)21-9)10-7-5-6-8-11(10)17(18,19)20/h5-8,12-13H,1H2,2-4H3,(H2,21,22,25)/t12-,13+/m0/s1. The van der Waals surface area contributed by atoms with Crippen molar-refractivity contribution in [3.63, 3.8) is 0 Å². The van der Waals surface area contributed by atoms with Gasteiger partial charge in [0.2, 0.25) is 0 Å². The van der Waals surface area contributed by atoms with E-state index in [9.17, 15) is 18.0 Å². The Morgan fingerprint density at radius 2 is 1.84 bits per heavy atom. The minimum atomic E-state index is -4.56. The Labute approximate surface area is 149 Å². The zero-order chi connectivity index (χ0) is 19.0. The summed E-state index contributed by atoms with van der Waals surface area (Å²) in [6.07, 6.45) is -4.56. The van der Waals surface area contributed by atoms with Crippen molar-refractivity contribution in [2.45, 2.75) is 38.6 Å². The molecule has 0 radical (unpaired) electrons. The molecule has 2 rings (SSSR count). The summed E-state index contributed by atoms with van der Waals surface area (Å²) in [5.74, 6) is -1.74. The second-order valence-electron chi connectivity index (χ2n) is 6.70. The molecule has 1 aliphatic heterocycles. The largest absolute Gasteiger partial charge is 0.459 e. The summed E-state index contributed by atoms with van der Waals surface area (Å²) in [5.41, 5.74) is -1.52. The molecule has 0 saturated carbocycles. The van der Waals surface area contributed by atoms with Crippen LogP contribution in [0.1, 0.15) is 37.9 Å². The highest BCUT2D eigenvalue weighted by Crippen LogP contribution is 2.39. The highest BCUT2D eigenvalue weighted by atomic mass is 32.1. The molecule has 1 heterocycles. The number of carbonyl (C=O) groups excluding carboxylic acids is 1. The van der Waals surface area contributed by atoms with Gasteiger partial charge in [-0.05, 0) is 44.6 Å². The van der Waals surface area contributed by atoms with Gasteiger partial charge in [-0.25, -0.2) is 0 Å². The number of hydrogen-bond acceptors (Lipinski definition) is 3. The minimum Gasteiger partial charge on any atom is -0.459 e. The summed E-state index contributed by atoms with van der Waals surface area (Å²) in [6, 6.07) is 4.03. The van der Waals surface area contributed by atoms with Crippen LogP contribution in [0.15, 0.2) is 36.5 Å². The molecule has 2 atom stereocenters. The molecule has 8 heteroatoms. The number of hydrogen-bond donors (Lipinski definition) is 2. The van der Waals surface area contributed by atoms with Gasteiger partial charge >= 0.3 is 12.1 Å². The maximum atomic E-state index is 13.4. The van der Waals surface area contributed by atoms with Gasteiger partial charge in [0.15, 0.2) is 5.11 Å². The van der Waals surface area contributed by atoms with Crippen LogP contribution in [-0.2, 0) is 15.7 Å². The Bertz CT molecular complexity index is 711. The van der Waals surface area contributed by atoms with Gasteiger partial charge in [0, 0.05) is 5.70 Å².